The number of nitrogens with zero attached hydrogens (tertiary/aromatic N) is 1. The topological polar surface area (TPSA) is 36.4 Å². The third kappa shape index (κ3) is 4.66. The van der Waals surface area contributed by atoms with Gasteiger partial charge in [0.25, 0.3) is 0 Å². The van der Waals surface area contributed by atoms with Crippen LogP contribution in [0.25, 0.3) is 0 Å². The predicted octanol–water partition coefficient (Wildman–Crippen LogP) is 3.80. The van der Waals surface area contributed by atoms with Gasteiger partial charge in [-0.15, -0.1) is 24.0 Å². The standard InChI is InChI=1S/C18H19F2N3.HI/c1-21-18(22-11-12-6-8-13(19)9-7-12)23-17-10-15(17)14-4-2-3-5-16(14)20;/h2-9,15,17H,10-11H2,1H3,(H2,21,22,23);1H. The monoisotopic (exact) mass is 443 g/mol. The molecule has 0 heterocycles. The van der Waals surface area contributed by atoms with Crippen molar-refractivity contribution in [3.63, 3.8) is 0 Å². The highest BCUT2D eigenvalue weighted by atomic mass is 127. The first-order chi connectivity index (χ1) is 11.2. The van der Waals surface area contributed by atoms with Gasteiger partial charge in [0.2, 0.25) is 0 Å². The summed E-state index contributed by atoms with van der Waals surface area (Å²) in [4.78, 5) is 4.18. The van der Waals surface area contributed by atoms with Crippen molar-refractivity contribution in [3.05, 3.63) is 71.3 Å². The SMILES string of the molecule is CN=C(NCc1ccc(F)cc1)NC1CC1c1ccccc1F.I. The Morgan fingerprint density at radius 3 is 2.50 bits per heavy atom. The zero-order valence-electron chi connectivity index (χ0n) is 13.3. The Morgan fingerprint density at radius 1 is 1.12 bits per heavy atom. The van der Waals surface area contributed by atoms with Crippen molar-refractivity contribution in [1.82, 2.24) is 10.6 Å². The molecule has 0 amide bonds. The van der Waals surface area contributed by atoms with E-state index in [9.17, 15) is 8.78 Å². The lowest BCUT2D eigenvalue weighted by Crippen LogP contribution is -2.38. The molecule has 0 bridgehead atoms. The van der Waals surface area contributed by atoms with Gasteiger partial charge in [0.15, 0.2) is 5.96 Å². The predicted molar refractivity (Wildman–Crippen MR) is 103 cm³/mol. The number of aliphatic imine (C=N–C) groups is 1. The molecule has 1 aliphatic carbocycles. The molecule has 2 N–H and O–H groups in total. The minimum absolute atomic E-state index is 0. The Morgan fingerprint density at radius 2 is 1.83 bits per heavy atom. The van der Waals surface area contributed by atoms with E-state index >= 15 is 0 Å². The van der Waals surface area contributed by atoms with E-state index in [-0.39, 0.29) is 47.6 Å². The van der Waals surface area contributed by atoms with Gasteiger partial charge in [-0.2, -0.15) is 0 Å². The van der Waals surface area contributed by atoms with Crippen molar-refractivity contribution in [2.45, 2.75) is 24.9 Å². The number of guanidine groups is 1. The fourth-order valence-corrected chi connectivity index (χ4v) is 2.63. The zero-order chi connectivity index (χ0) is 16.2. The van der Waals surface area contributed by atoms with Gasteiger partial charge in [0.1, 0.15) is 11.6 Å². The van der Waals surface area contributed by atoms with Gasteiger partial charge in [-0.3, -0.25) is 4.99 Å². The minimum Gasteiger partial charge on any atom is -0.353 e. The molecule has 24 heavy (non-hydrogen) atoms. The third-order valence-electron chi connectivity index (χ3n) is 4.01. The van der Waals surface area contributed by atoms with Gasteiger partial charge < -0.3 is 10.6 Å². The lowest BCUT2D eigenvalue weighted by molar-refractivity contribution is 0.607. The molecule has 2 aromatic rings. The Bertz CT molecular complexity index is 704. The van der Waals surface area contributed by atoms with E-state index in [2.05, 4.69) is 15.6 Å². The Labute approximate surface area is 157 Å². The quantitative estimate of drug-likeness (QED) is 0.429. The van der Waals surface area contributed by atoms with E-state index in [1.807, 2.05) is 12.1 Å². The molecule has 2 atom stereocenters. The zero-order valence-corrected chi connectivity index (χ0v) is 15.6. The molecule has 1 saturated carbocycles. The van der Waals surface area contributed by atoms with Crippen LogP contribution in [0.3, 0.4) is 0 Å². The molecule has 1 fully saturated rings. The summed E-state index contributed by atoms with van der Waals surface area (Å²) in [5, 5.41) is 6.48. The van der Waals surface area contributed by atoms with Gasteiger partial charge in [-0.05, 0) is 35.7 Å². The van der Waals surface area contributed by atoms with E-state index in [1.165, 1.54) is 18.2 Å². The molecule has 0 aromatic heterocycles. The van der Waals surface area contributed by atoms with Crippen LogP contribution in [-0.4, -0.2) is 19.0 Å². The van der Waals surface area contributed by atoms with E-state index in [0.29, 0.717) is 12.5 Å². The van der Waals surface area contributed by atoms with Crippen molar-refractivity contribution < 1.29 is 8.78 Å². The summed E-state index contributed by atoms with van der Waals surface area (Å²) in [5.74, 6) is 0.441. The number of halogens is 3. The average Bonchev–Trinajstić information content (AvgIpc) is 3.32. The lowest BCUT2D eigenvalue weighted by Gasteiger charge is -2.12. The second kappa shape index (κ2) is 8.41. The minimum atomic E-state index is -0.248. The molecule has 6 heteroatoms. The number of rotatable bonds is 4. The normalized spacial score (nSPS) is 19.4. The van der Waals surface area contributed by atoms with Crippen LogP contribution in [0.4, 0.5) is 8.78 Å². The molecule has 1 aliphatic rings. The van der Waals surface area contributed by atoms with Crippen molar-refractivity contribution in [3.8, 4) is 0 Å². The fraction of sp³-hybridized carbons (Fsp3) is 0.278. The molecular formula is C18H20F2IN3. The molecule has 2 aromatic carbocycles. The molecule has 2 unspecified atom stereocenters. The van der Waals surface area contributed by atoms with Crippen LogP contribution in [0, 0.1) is 11.6 Å². The van der Waals surface area contributed by atoms with Gasteiger partial charge in [-0.25, -0.2) is 8.78 Å². The second-order valence-corrected chi connectivity index (χ2v) is 5.67. The third-order valence-corrected chi connectivity index (χ3v) is 4.01. The fourth-order valence-electron chi connectivity index (χ4n) is 2.63. The van der Waals surface area contributed by atoms with Crippen LogP contribution in [0.2, 0.25) is 0 Å². The van der Waals surface area contributed by atoms with Crippen LogP contribution in [0.15, 0.2) is 53.5 Å². The van der Waals surface area contributed by atoms with Crippen LogP contribution in [-0.2, 0) is 6.54 Å². The molecule has 0 aliphatic heterocycles. The largest absolute Gasteiger partial charge is 0.353 e. The molecule has 0 spiro atoms. The summed E-state index contributed by atoms with van der Waals surface area (Å²) in [6, 6.07) is 13.4. The van der Waals surface area contributed by atoms with Crippen LogP contribution in [0.5, 0.6) is 0 Å². The maximum absolute atomic E-state index is 13.8. The molecular weight excluding hydrogens is 423 g/mol. The number of hydrogen-bond donors (Lipinski definition) is 2. The summed E-state index contributed by atoms with van der Waals surface area (Å²) >= 11 is 0. The van der Waals surface area contributed by atoms with Crippen LogP contribution in [0.1, 0.15) is 23.5 Å². The Balaban J connectivity index is 0.00000208. The van der Waals surface area contributed by atoms with Crippen molar-refractivity contribution in [1.29, 1.82) is 0 Å². The van der Waals surface area contributed by atoms with E-state index in [4.69, 9.17) is 0 Å². The van der Waals surface area contributed by atoms with Crippen LogP contribution < -0.4 is 10.6 Å². The first-order valence-corrected chi connectivity index (χ1v) is 7.63. The van der Waals surface area contributed by atoms with Gasteiger partial charge >= 0.3 is 0 Å². The smallest absolute Gasteiger partial charge is 0.191 e. The summed E-state index contributed by atoms with van der Waals surface area (Å²) in [5.41, 5.74) is 1.72. The van der Waals surface area contributed by atoms with Gasteiger partial charge in [-0.1, -0.05) is 30.3 Å². The van der Waals surface area contributed by atoms with Crippen molar-refractivity contribution in [2.24, 2.45) is 4.99 Å². The Hall–Kier alpha value is -1.70. The first kappa shape index (κ1) is 18.6. The van der Waals surface area contributed by atoms with E-state index < -0.39 is 0 Å². The maximum atomic E-state index is 13.8. The highest BCUT2D eigenvalue weighted by Crippen LogP contribution is 2.41. The van der Waals surface area contributed by atoms with E-state index in [1.54, 1.807) is 25.2 Å². The summed E-state index contributed by atoms with van der Waals surface area (Å²) < 4.78 is 26.7. The highest BCUT2D eigenvalue weighted by molar-refractivity contribution is 14.0. The first-order valence-electron chi connectivity index (χ1n) is 7.63. The number of nitrogens with one attached hydrogen (secondary N) is 2. The van der Waals surface area contributed by atoms with Crippen molar-refractivity contribution in [2.75, 3.05) is 7.05 Å². The van der Waals surface area contributed by atoms with Crippen molar-refractivity contribution >= 4 is 29.9 Å². The average molecular weight is 443 g/mol. The summed E-state index contributed by atoms with van der Waals surface area (Å²) in [6.07, 6.45) is 0.887. The second-order valence-electron chi connectivity index (χ2n) is 5.67. The molecule has 3 rings (SSSR count). The number of hydrogen-bond acceptors (Lipinski definition) is 1. The van der Waals surface area contributed by atoms with Gasteiger partial charge in [0.05, 0.1) is 0 Å². The van der Waals surface area contributed by atoms with E-state index in [0.717, 1.165) is 17.5 Å². The Kier molecular flexibility index (Phi) is 6.53. The van der Waals surface area contributed by atoms with Crippen LogP contribution >= 0.6 is 24.0 Å². The summed E-state index contributed by atoms with van der Waals surface area (Å²) in [6.45, 7) is 0.553. The molecule has 3 nitrogen and oxygen atoms in total. The lowest BCUT2D eigenvalue weighted by atomic mass is 10.1. The number of benzene rings is 2. The summed E-state index contributed by atoms with van der Waals surface area (Å²) in [7, 11) is 1.69. The molecule has 0 saturated heterocycles. The highest BCUT2D eigenvalue weighted by Gasteiger charge is 2.40. The molecule has 0 radical (unpaired) electrons. The molecule has 128 valence electrons. The maximum Gasteiger partial charge on any atom is 0.191 e. The van der Waals surface area contributed by atoms with Gasteiger partial charge in [0, 0.05) is 25.6 Å².